The molecular weight excluding hydrogens is 176 g/mol. The van der Waals surface area contributed by atoms with Crippen molar-refractivity contribution in [1.82, 2.24) is 10.2 Å². The number of ether oxygens (including phenoxy) is 1. The molecule has 3 nitrogen and oxygen atoms in total. The molecule has 82 valence electrons. The predicted molar refractivity (Wildman–Crippen MR) is 57.5 cm³/mol. The summed E-state index contributed by atoms with van der Waals surface area (Å²) in [6, 6.07) is 1.42. The van der Waals surface area contributed by atoms with Gasteiger partial charge >= 0.3 is 0 Å². The molecule has 0 aromatic rings. The molecule has 2 fully saturated rings. The van der Waals surface area contributed by atoms with Gasteiger partial charge in [0.25, 0.3) is 0 Å². The zero-order valence-electron chi connectivity index (χ0n) is 9.17. The monoisotopic (exact) mass is 198 g/mol. The third-order valence-electron chi connectivity index (χ3n) is 3.45. The highest BCUT2D eigenvalue weighted by Gasteiger charge is 2.20. The normalized spacial score (nSPS) is 34.1. The van der Waals surface area contributed by atoms with Crippen molar-refractivity contribution in [3.05, 3.63) is 0 Å². The summed E-state index contributed by atoms with van der Waals surface area (Å²) in [6.45, 7) is 7.82. The van der Waals surface area contributed by atoms with E-state index in [1.807, 2.05) is 0 Å². The molecule has 0 aromatic carbocycles. The van der Waals surface area contributed by atoms with E-state index in [-0.39, 0.29) is 0 Å². The van der Waals surface area contributed by atoms with Crippen LogP contribution in [0.1, 0.15) is 26.2 Å². The Hall–Kier alpha value is -0.120. The number of hydrogen-bond donors (Lipinski definition) is 1. The van der Waals surface area contributed by atoms with Crippen molar-refractivity contribution in [2.45, 2.75) is 38.3 Å². The maximum atomic E-state index is 5.32. The standard InChI is InChI=1S/C11H22N2O/c1-10-3-2-6-13(10)7-5-12-11-4-8-14-9-11/h10-12H,2-9H2,1H3. The summed E-state index contributed by atoms with van der Waals surface area (Å²) in [5.74, 6) is 0. The molecule has 2 atom stereocenters. The average Bonchev–Trinajstić information content (AvgIpc) is 2.78. The van der Waals surface area contributed by atoms with Gasteiger partial charge in [0.1, 0.15) is 0 Å². The first-order chi connectivity index (χ1) is 6.86. The van der Waals surface area contributed by atoms with Crippen molar-refractivity contribution in [3.8, 4) is 0 Å². The first kappa shape index (κ1) is 10.4. The summed E-state index contributed by atoms with van der Waals surface area (Å²) in [4.78, 5) is 2.59. The van der Waals surface area contributed by atoms with E-state index < -0.39 is 0 Å². The van der Waals surface area contributed by atoms with Crippen molar-refractivity contribution in [2.75, 3.05) is 32.8 Å². The first-order valence-electron chi connectivity index (χ1n) is 5.91. The van der Waals surface area contributed by atoms with Gasteiger partial charge in [0.2, 0.25) is 0 Å². The van der Waals surface area contributed by atoms with Crippen LogP contribution in [0.2, 0.25) is 0 Å². The first-order valence-corrected chi connectivity index (χ1v) is 5.91. The summed E-state index contributed by atoms with van der Waals surface area (Å²) < 4.78 is 5.32. The van der Waals surface area contributed by atoms with Crippen molar-refractivity contribution in [2.24, 2.45) is 0 Å². The SMILES string of the molecule is CC1CCCN1CCNC1CCOC1. The Bertz CT molecular complexity index is 169. The lowest BCUT2D eigenvalue weighted by Gasteiger charge is -2.21. The molecule has 2 saturated heterocycles. The second kappa shape index (κ2) is 5.10. The molecule has 2 aliphatic heterocycles. The van der Waals surface area contributed by atoms with Gasteiger partial charge in [0.05, 0.1) is 6.61 Å². The number of nitrogens with one attached hydrogen (secondary N) is 1. The van der Waals surface area contributed by atoms with Gasteiger partial charge in [-0.3, -0.25) is 4.90 Å². The summed E-state index contributed by atoms with van der Waals surface area (Å²) in [5.41, 5.74) is 0. The summed E-state index contributed by atoms with van der Waals surface area (Å²) >= 11 is 0. The van der Waals surface area contributed by atoms with Crippen LogP contribution < -0.4 is 5.32 Å². The molecule has 0 aliphatic carbocycles. The molecule has 0 amide bonds. The number of nitrogens with zero attached hydrogens (tertiary/aromatic N) is 1. The third kappa shape index (κ3) is 2.69. The molecule has 2 unspecified atom stereocenters. The molecule has 0 aromatic heterocycles. The molecule has 2 aliphatic rings. The van der Waals surface area contributed by atoms with E-state index in [9.17, 15) is 0 Å². The second-order valence-electron chi connectivity index (χ2n) is 4.54. The van der Waals surface area contributed by atoms with Crippen LogP contribution in [-0.4, -0.2) is 49.8 Å². The maximum absolute atomic E-state index is 5.32. The quantitative estimate of drug-likeness (QED) is 0.725. The van der Waals surface area contributed by atoms with Crippen LogP contribution in [-0.2, 0) is 4.74 Å². The summed E-state index contributed by atoms with van der Waals surface area (Å²) in [5, 5.41) is 3.56. The largest absolute Gasteiger partial charge is 0.380 e. The Morgan fingerprint density at radius 1 is 1.43 bits per heavy atom. The fraction of sp³-hybridized carbons (Fsp3) is 1.00. The van der Waals surface area contributed by atoms with E-state index in [1.165, 1.54) is 32.4 Å². The van der Waals surface area contributed by atoms with Crippen LogP contribution in [0.25, 0.3) is 0 Å². The molecule has 0 radical (unpaired) electrons. The minimum atomic E-state index is 0.618. The Kier molecular flexibility index (Phi) is 3.79. The highest BCUT2D eigenvalue weighted by Crippen LogP contribution is 2.15. The van der Waals surface area contributed by atoms with Crippen molar-refractivity contribution >= 4 is 0 Å². The van der Waals surface area contributed by atoms with Crippen LogP contribution in [0.3, 0.4) is 0 Å². The molecule has 0 spiro atoms. The van der Waals surface area contributed by atoms with E-state index in [1.54, 1.807) is 0 Å². The summed E-state index contributed by atoms with van der Waals surface area (Å²) in [6.07, 6.45) is 3.95. The van der Waals surface area contributed by atoms with Gasteiger partial charge < -0.3 is 10.1 Å². The maximum Gasteiger partial charge on any atom is 0.0620 e. The van der Waals surface area contributed by atoms with E-state index in [0.29, 0.717) is 6.04 Å². The lowest BCUT2D eigenvalue weighted by atomic mass is 10.2. The topological polar surface area (TPSA) is 24.5 Å². The highest BCUT2D eigenvalue weighted by molar-refractivity contribution is 4.77. The van der Waals surface area contributed by atoms with Gasteiger partial charge in [-0.1, -0.05) is 0 Å². The van der Waals surface area contributed by atoms with Gasteiger partial charge in [0.15, 0.2) is 0 Å². The molecular formula is C11H22N2O. The van der Waals surface area contributed by atoms with Crippen LogP contribution in [0.4, 0.5) is 0 Å². The van der Waals surface area contributed by atoms with Gasteiger partial charge in [-0.2, -0.15) is 0 Å². The average molecular weight is 198 g/mol. The van der Waals surface area contributed by atoms with Crippen LogP contribution in [0.15, 0.2) is 0 Å². The van der Waals surface area contributed by atoms with Crippen LogP contribution in [0, 0.1) is 0 Å². The van der Waals surface area contributed by atoms with Gasteiger partial charge in [-0.15, -0.1) is 0 Å². The lowest BCUT2D eigenvalue weighted by molar-refractivity contribution is 0.188. The Morgan fingerprint density at radius 3 is 3.00 bits per heavy atom. The molecule has 0 saturated carbocycles. The predicted octanol–water partition coefficient (Wildman–Crippen LogP) is 0.849. The highest BCUT2D eigenvalue weighted by atomic mass is 16.5. The van der Waals surface area contributed by atoms with E-state index in [4.69, 9.17) is 4.74 Å². The molecule has 0 bridgehead atoms. The number of likely N-dealkylation sites (tertiary alicyclic amines) is 1. The zero-order valence-corrected chi connectivity index (χ0v) is 9.17. The second-order valence-corrected chi connectivity index (χ2v) is 4.54. The van der Waals surface area contributed by atoms with Gasteiger partial charge in [-0.25, -0.2) is 0 Å². The fourth-order valence-electron chi connectivity index (χ4n) is 2.43. The van der Waals surface area contributed by atoms with Crippen molar-refractivity contribution in [1.29, 1.82) is 0 Å². The molecule has 2 heterocycles. The minimum absolute atomic E-state index is 0.618. The summed E-state index contributed by atoms with van der Waals surface area (Å²) in [7, 11) is 0. The van der Waals surface area contributed by atoms with E-state index in [2.05, 4.69) is 17.1 Å². The zero-order chi connectivity index (χ0) is 9.80. The van der Waals surface area contributed by atoms with E-state index in [0.717, 1.165) is 25.8 Å². The third-order valence-corrected chi connectivity index (χ3v) is 3.45. The van der Waals surface area contributed by atoms with E-state index >= 15 is 0 Å². The van der Waals surface area contributed by atoms with Gasteiger partial charge in [0, 0.05) is 31.8 Å². The molecule has 14 heavy (non-hydrogen) atoms. The van der Waals surface area contributed by atoms with Crippen LogP contribution in [0.5, 0.6) is 0 Å². The van der Waals surface area contributed by atoms with Crippen molar-refractivity contribution in [3.63, 3.8) is 0 Å². The Balaban J connectivity index is 1.57. The molecule has 2 rings (SSSR count). The Labute approximate surface area is 86.8 Å². The van der Waals surface area contributed by atoms with Crippen LogP contribution >= 0.6 is 0 Å². The number of rotatable bonds is 4. The lowest BCUT2D eigenvalue weighted by Crippen LogP contribution is -2.38. The smallest absolute Gasteiger partial charge is 0.0620 e. The molecule has 3 heteroatoms. The van der Waals surface area contributed by atoms with Gasteiger partial charge in [-0.05, 0) is 32.7 Å². The van der Waals surface area contributed by atoms with Crippen molar-refractivity contribution < 1.29 is 4.74 Å². The molecule has 1 N–H and O–H groups in total. The fourth-order valence-corrected chi connectivity index (χ4v) is 2.43. The minimum Gasteiger partial charge on any atom is -0.380 e. The Morgan fingerprint density at radius 2 is 2.36 bits per heavy atom. The number of hydrogen-bond acceptors (Lipinski definition) is 3.